The number of ether oxygens (including phenoxy) is 1. The van der Waals surface area contributed by atoms with Crippen LogP contribution in [-0.2, 0) is 7.05 Å². The number of aryl methyl sites for hydroxylation is 1. The van der Waals surface area contributed by atoms with Crippen LogP contribution in [0.4, 0.5) is 10.2 Å². The summed E-state index contributed by atoms with van der Waals surface area (Å²) < 4.78 is 20.5. The van der Waals surface area contributed by atoms with Crippen LogP contribution >= 0.6 is 23.2 Å². The highest BCUT2D eigenvalue weighted by atomic mass is 35.5. The van der Waals surface area contributed by atoms with E-state index in [0.29, 0.717) is 42.5 Å². The van der Waals surface area contributed by atoms with Gasteiger partial charge < -0.3 is 14.2 Å². The Morgan fingerprint density at radius 3 is 2.71 bits per heavy atom. The average molecular weight is 372 g/mol. The van der Waals surface area contributed by atoms with Gasteiger partial charge in [-0.3, -0.25) is 4.79 Å². The number of rotatable bonds is 3. The summed E-state index contributed by atoms with van der Waals surface area (Å²) >= 11 is 12.0. The number of hydrogen-bond acceptors (Lipinski definition) is 4. The molecule has 0 saturated carbocycles. The van der Waals surface area contributed by atoms with Gasteiger partial charge in [0.05, 0.1) is 5.02 Å². The van der Waals surface area contributed by atoms with Gasteiger partial charge in [0.15, 0.2) is 5.82 Å². The summed E-state index contributed by atoms with van der Waals surface area (Å²) in [7, 11) is 1.64. The third-order valence-electron chi connectivity index (χ3n) is 3.95. The quantitative estimate of drug-likeness (QED) is 0.830. The lowest BCUT2D eigenvalue weighted by atomic mass is 10.1. The van der Waals surface area contributed by atoms with Crippen molar-refractivity contribution in [2.75, 3.05) is 18.0 Å². The lowest BCUT2D eigenvalue weighted by Gasteiger charge is -2.32. The fourth-order valence-electron chi connectivity index (χ4n) is 2.69. The molecule has 0 aliphatic carbocycles. The lowest BCUT2D eigenvalue weighted by Crippen LogP contribution is -2.42. The Kier molecular flexibility index (Phi) is 4.96. The van der Waals surface area contributed by atoms with Crippen LogP contribution in [0.5, 0.6) is 5.75 Å². The molecule has 1 aromatic heterocycles. The number of aromatic nitrogens is 2. The molecule has 2 aromatic rings. The SMILES string of the molecule is Cn1cc(Cl)nc(N2CCC(Oc3cc(F)ccc3Cl)CC2)c1=O. The molecule has 1 aliphatic rings. The second-order valence-corrected chi connectivity index (χ2v) is 6.48. The van der Waals surface area contributed by atoms with Gasteiger partial charge in [-0.15, -0.1) is 0 Å². The van der Waals surface area contributed by atoms with Gasteiger partial charge in [0, 0.05) is 45.2 Å². The zero-order valence-corrected chi connectivity index (χ0v) is 14.5. The third kappa shape index (κ3) is 3.65. The first-order valence-electron chi connectivity index (χ1n) is 7.54. The molecule has 0 amide bonds. The molecule has 0 atom stereocenters. The Labute approximate surface area is 148 Å². The summed E-state index contributed by atoms with van der Waals surface area (Å²) in [5.74, 6) is 0.289. The molecule has 24 heavy (non-hydrogen) atoms. The summed E-state index contributed by atoms with van der Waals surface area (Å²) in [6, 6.07) is 4.04. The van der Waals surface area contributed by atoms with Gasteiger partial charge in [-0.2, -0.15) is 0 Å². The molecule has 0 bridgehead atoms. The molecule has 1 saturated heterocycles. The van der Waals surface area contributed by atoms with E-state index >= 15 is 0 Å². The molecule has 0 unspecified atom stereocenters. The topological polar surface area (TPSA) is 47.4 Å². The minimum absolute atomic E-state index is 0.0939. The minimum atomic E-state index is -0.390. The summed E-state index contributed by atoms with van der Waals surface area (Å²) in [4.78, 5) is 18.2. The van der Waals surface area contributed by atoms with Crippen molar-refractivity contribution in [3.8, 4) is 5.75 Å². The van der Waals surface area contributed by atoms with Gasteiger partial charge in [0.25, 0.3) is 5.56 Å². The number of benzene rings is 1. The maximum Gasteiger partial charge on any atom is 0.293 e. The van der Waals surface area contributed by atoms with E-state index in [1.165, 1.54) is 29.0 Å². The van der Waals surface area contributed by atoms with Gasteiger partial charge >= 0.3 is 0 Å². The van der Waals surface area contributed by atoms with Crippen molar-refractivity contribution < 1.29 is 9.13 Å². The molecule has 1 aromatic carbocycles. The first-order valence-corrected chi connectivity index (χ1v) is 8.29. The van der Waals surface area contributed by atoms with E-state index in [4.69, 9.17) is 27.9 Å². The van der Waals surface area contributed by atoms with Gasteiger partial charge in [-0.25, -0.2) is 9.37 Å². The van der Waals surface area contributed by atoms with Crippen LogP contribution in [0, 0.1) is 5.82 Å². The number of halogens is 3. The predicted octanol–water partition coefficient (Wildman–Crippen LogP) is 3.27. The highest BCUT2D eigenvalue weighted by Crippen LogP contribution is 2.28. The normalized spacial score (nSPS) is 15.6. The lowest BCUT2D eigenvalue weighted by molar-refractivity contribution is 0.170. The minimum Gasteiger partial charge on any atom is -0.489 e. The molecule has 0 spiro atoms. The van der Waals surface area contributed by atoms with E-state index in [0.717, 1.165) is 0 Å². The van der Waals surface area contributed by atoms with Crippen LogP contribution < -0.4 is 15.2 Å². The molecule has 8 heteroatoms. The Bertz CT molecular complexity index is 804. The van der Waals surface area contributed by atoms with Crippen molar-refractivity contribution >= 4 is 29.0 Å². The summed E-state index contributed by atoms with van der Waals surface area (Å²) in [6.45, 7) is 1.19. The van der Waals surface area contributed by atoms with E-state index < -0.39 is 5.82 Å². The van der Waals surface area contributed by atoms with Crippen LogP contribution in [0.1, 0.15) is 12.8 Å². The summed E-state index contributed by atoms with van der Waals surface area (Å²) in [6.07, 6.45) is 2.73. The van der Waals surface area contributed by atoms with Crippen molar-refractivity contribution in [3.63, 3.8) is 0 Å². The zero-order chi connectivity index (χ0) is 17.3. The first kappa shape index (κ1) is 17.0. The average Bonchev–Trinajstić information content (AvgIpc) is 2.55. The standard InChI is InChI=1S/C16H16Cl2FN3O2/c1-21-9-14(18)20-15(16(21)23)22-6-4-11(5-7-22)24-13-8-10(19)2-3-12(13)17/h2-3,8-9,11H,4-7H2,1H3. The number of anilines is 1. The highest BCUT2D eigenvalue weighted by Gasteiger charge is 2.24. The van der Waals surface area contributed by atoms with E-state index in [-0.39, 0.29) is 16.8 Å². The maximum atomic E-state index is 13.3. The molecule has 3 rings (SSSR count). The smallest absolute Gasteiger partial charge is 0.293 e. The zero-order valence-electron chi connectivity index (χ0n) is 13.0. The second-order valence-electron chi connectivity index (χ2n) is 5.68. The predicted molar refractivity (Wildman–Crippen MR) is 91.8 cm³/mol. The molecule has 128 valence electrons. The van der Waals surface area contributed by atoms with Crippen molar-refractivity contribution in [3.05, 3.63) is 50.7 Å². The number of nitrogens with zero attached hydrogens (tertiary/aromatic N) is 3. The van der Waals surface area contributed by atoms with Crippen LogP contribution in [0.2, 0.25) is 10.2 Å². The van der Waals surface area contributed by atoms with E-state index in [2.05, 4.69) is 4.98 Å². The third-order valence-corrected chi connectivity index (χ3v) is 4.45. The maximum absolute atomic E-state index is 13.3. The van der Waals surface area contributed by atoms with Gasteiger partial charge in [-0.05, 0) is 12.1 Å². The largest absolute Gasteiger partial charge is 0.489 e. The molecule has 2 heterocycles. The van der Waals surface area contributed by atoms with E-state index in [9.17, 15) is 9.18 Å². The first-order chi connectivity index (χ1) is 11.4. The van der Waals surface area contributed by atoms with Crippen molar-refractivity contribution in [2.24, 2.45) is 7.05 Å². The molecule has 1 fully saturated rings. The summed E-state index contributed by atoms with van der Waals surface area (Å²) in [5, 5.41) is 0.654. The van der Waals surface area contributed by atoms with Crippen molar-refractivity contribution in [1.29, 1.82) is 0 Å². The molecule has 0 radical (unpaired) electrons. The van der Waals surface area contributed by atoms with E-state index in [1.807, 2.05) is 4.90 Å². The van der Waals surface area contributed by atoms with Crippen LogP contribution in [0.3, 0.4) is 0 Å². The number of hydrogen-bond donors (Lipinski definition) is 0. The van der Waals surface area contributed by atoms with Crippen LogP contribution in [0.15, 0.2) is 29.2 Å². The monoisotopic (exact) mass is 371 g/mol. The van der Waals surface area contributed by atoms with Gasteiger partial charge in [0.1, 0.15) is 22.8 Å². The molecule has 1 aliphatic heterocycles. The van der Waals surface area contributed by atoms with Gasteiger partial charge in [0.2, 0.25) is 0 Å². The van der Waals surface area contributed by atoms with Crippen molar-refractivity contribution in [1.82, 2.24) is 9.55 Å². The highest BCUT2D eigenvalue weighted by molar-refractivity contribution is 6.32. The molecular weight excluding hydrogens is 356 g/mol. The Balaban J connectivity index is 1.68. The fourth-order valence-corrected chi connectivity index (χ4v) is 3.08. The summed E-state index contributed by atoms with van der Waals surface area (Å²) in [5.41, 5.74) is -0.188. The Morgan fingerprint density at radius 1 is 1.29 bits per heavy atom. The van der Waals surface area contributed by atoms with E-state index in [1.54, 1.807) is 7.05 Å². The second kappa shape index (κ2) is 6.99. The van der Waals surface area contributed by atoms with Gasteiger partial charge in [-0.1, -0.05) is 23.2 Å². The fraction of sp³-hybridized carbons (Fsp3) is 0.375. The van der Waals surface area contributed by atoms with Crippen LogP contribution in [-0.4, -0.2) is 28.7 Å². The number of piperidine rings is 1. The molecular formula is C16H16Cl2FN3O2. The molecule has 0 N–H and O–H groups in total. The molecule has 5 nitrogen and oxygen atoms in total. The van der Waals surface area contributed by atoms with Crippen molar-refractivity contribution in [2.45, 2.75) is 18.9 Å². The Morgan fingerprint density at radius 2 is 2.00 bits per heavy atom. The Hall–Kier alpha value is -1.79. The van der Waals surface area contributed by atoms with Crippen LogP contribution in [0.25, 0.3) is 0 Å².